The number of likely N-dealkylation sites (N-methyl/N-ethyl adjacent to an activating group) is 1. The Hall–Kier alpha value is -3.56. The van der Waals surface area contributed by atoms with Crippen molar-refractivity contribution >= 4 is 39.1 Å². The number of benzene rings is 3. The fraction of sp³-hybridized carbons (Fsp3) is 0.259. The molecular formula is C27H30ClN3O5S. The van der Waals surface area contributed by atoms with Crippen molar-refractivity contribution in [2.75, 3.05) is 25.0 Å². The van der Waals surface area contributed by atoms with Crippen molar-refractivity contribution in [1.29, 1.82) is 0 Å². The first-order valence-electron chi connectivity index (χ1n) is 11.6. The van der Waals surface area contributed by atoms with Crippen molar-refractivity contribution in [2.24, 2.45) is 0 Å². The fourth-order valence-electron chi connectivity index (χ4n) is 3.82. The summed E-state index contributed by atoms with van der Waals surface area (Å²) in [6.07, 6.45) is 0. The van der Waals surface area contributed by atoms with E-state index in [1.807, 2.05) is 31.2 Å². The number of sulfonamides is 1. The van der Waals surface area contributed by atoms with Crippen LogP contribution in [-0.2, 0) is 26.2 Å². The molecule has 0 unspecified atom stereocenters. The van der Waals surface area contributed by atoms with E-state index in [0.29, 0.717) is 5.75 Å². The summed E-state index contributed by atoms with van der Waals surface area (Å²) in [5.74, 6) is -0.555. The van der Waals surface area contributed by atoms with E-state index in [0.717, 1.165) is 15.4 Å². The second-order valence-electron chi connectivity index (χ2n) is 8.38. The lowest BCUT2D eigenvalue weighted by Crippen LogP contribution is -2.50. The summed E-state index contributed by atoms with van der Waals surface area (Å²) in [5, 5.41) is 2.76. The van der Waals surface area contributed by atoms with Crippen LogP contribution in [0.5, 0.6) is 5.75 Å². The molecule has 0 aromatic heterocycles. The molecule has 1 N–H and O–H groups in total. The third-order valence-corrected chi connectivity index (χ3v) is 8.13. The Labute approximate surface area is 222 Å². The summed E-state index contributed by atoms with van der Waals surface area (Å²) in [4.78, 5) is 27.7. The van der Waals surface area contributed by atoms with Gasteiger partial charge in [-0.15, -0.1) is 0 Å². The minimum absolute atomic E-state index is 0.0135. The molecule has 3 aromatic carbocycles. The highest BCUT2D eigenvalue weighted by Gasteiger charge is 2.32. The molecule has 0 aliphatic carbocycles. The van der Waals surface area contributed by atoms with Gasteiger partial charge in [0.2, 0.25) is 11.8 Å². The maximum Gasteiger partial charge on any atom is 0.264 e. The summed E-state index contributed by atoms with van der Waals surface area (Å²) in [7, 11) is -1.23. The molecule has 8 nitrogen and oxygen atoms in total. The number of nitrogens with one attached hydrogen (secondary N) is 1. The maximum atomic E-state index is 13.8. The molecule has 0 saturated heterocycles. The first-order valence-corrected chi connectivity index (χ1v) is 13.4. The van der Waals surface area contributed by atoms with Crippen molar-refractivity contribution in [3.05, 3.63) is 88.9 Å². The van der Waals surface area contributed by atoms with E-state index in [9.17, 15) is 18.0 Å². The van der Waals surface area contributed by atoms with Gasteiger partial charge in [0.05, 0.1) is 22.7 Å². The van der Waals surface area contributed by atoms with Crippen LogP contribution in [0.25, 0.3) is 0 Å². The molecule has 2 amide bonds. The number of ether oxygens (including phenoxy) is 1. The van der Waals surface area contributed by atoms with Gasteiger partial charge in [0.15, 0.2) is 0 Å². The van der Waals surface area contributed by atoms with Gasteiger partial charge >= 0.3 is 0 Å². The van der Waals surface area contributed by atoms with Gasteiger partial charge in [-0.3, -0.25) is 13.9 Å². The molecule has 10 heteroatoms. The predicted octanol–water partition coefficient (Wildman–Crippen LogP) is 4.02. The van der Waals surface area contributed by atoms with Gasteiger partial charge < -0.3 is 15.0 Å². The number of anilines is 1. The second kappa shape index (κ2) is 12.1. The van der Waals surface area contributed by atoms with E-state index < -0.39 is 28.5 Å². The predicted molar refractivity (Wildman–Crippen MR) is 144 cm³/mol. The van der Waals surface area contributed by atoms with E-state index in [4.69, 9.17) is 16.3 Å². The van der Waals surface area contributed by atoms with Crippen LogP contribution < -0.4 is 14.4 Å². The molecule has 0 fully saturated rings. The van der Waals surface area contributed by atoms with Crippen molar-refractivity contribution in [3.8, 4) is 5.75 Å². The van der Waals surface area contributed by atoms with Gasteiger partial charge in [0, 0.05) is 13.6 Å². The quantitative estimate of drug-likeness (QED) is 0.417. The molecule has 0 bridgehead atoms. The maximum absolute atomic E-state index is 13.8. The molecule has 0 radical (unpaired) electrons. The number of carbonyl (C=O) groups excluding carboxylic acids is 2. The van der Waals surface area contributed by atoms with Crippen LogP contribution in [0.4, 0.5) is 5.69 Å². The Morgan fingerprint density at radius 3 is 2.27 bits per heavy atom. The zero-order valence-electron chi connectivity index (χ0n) is 21.1. The molecule has 0 aliphatic heterocycles. The van der Waals surface area contributed by atoms with Crippen molar-refractivity contribution in [3.63, 3.8) is 0 Å². The third-order valence-electron chi connectivity index (χ3n) is 6.05. The minimum Gasteiger partial charge on any atom is -0.495 e. The molecule has 0 aliphatic rings. The van der Waals surface area contributed by atoms with Crippen LogP contribution >= 0.6 is 11.6 Å². The van der Waals surface area contributed by atoms with Crippen LogP contribution in [0.2, 0.25) is 5.02 Å². The topological polar surface area (TPSA) is 96.0 Å². The molecule has 0 heterocycles. The number of rotatable bonds is 10. The summed E-state index contributed by atoms with van der Waals surface area (Å²) >= 11 is 6.31. The van der Waals surface area contributed by atoms with Crippen molar-refractivity contribution < 1.29 is 22.7 Å². The molecule has 196 valence electrons. The Kier molecular flexibility index (Phi) is 9.18. The standard InChI is InChI=1S/C27H30ClN3O5S/c1-19-10-8-9-11-21(19)17-30(20(2)27(33)29-3)26(32)18-31(22-14-15-25(36-4)24(28)16-22)37(34,35)23-12-6-5-7-13-23/h5-16,20H,17-18H2,1-4H3,(H,29,33)/t20-/m1/s1. The average Bonchev–Trinajstić information content (AvgIpc) is 2.90. The highest BCUT2D eigenvalue weighted by Crippen LogP contribution is 2.32. The van der Waals surface area contributed by atoms with Crippen molar-refractivity contribution in [2.45, 2.75) is 31.3 Å². The number of nitrogens with zero attached hydrogens (tertiary/aromatic N) is 2. The highest BCUT2D eigenvalue weighted by molar-refractivity contribution is 7.92. The summed E-state index contributed by atoms with van der Waals surface area (Å²) < 4.78 is 33.7. The molecule has 37 heavy (non-hydrogen) atoms. The first-order chi connectivity index (χ1) is 17.6. The van der Waals surface area contributed by atoms with Gasteiger partial charge in [-0.25, -0.2) is 8.42 Å². The van der Waals surface area contributed by atoms with E-state index in [1.165, 1.54) is 49.4 Å². The van der Waals surface area contributed by atoms with Gasteiger partial charge in [-0.1, -0.05) is 54.1 Å². The monoisotopic (exact) mass is 543 g/mol. The number of hydrogen-bond donors (Lipinski definition) is 1. The largest absolute Gasteiger partial charge is 0.495 e. The zero-order valence-corrected chi connectivity index (χ0v) is 22.7. The second-order valence-corrected chi connectivity index (χ2v) is 10.7. The van der Waals surface area contributed by atoms with Crippen LogP contribution in [0.3, 0.4) is 0 Å². The van der Waals surface area contributed by atoms with Gasteiger partial charge in [-0.2, -0.15) is 0 Å². The molecule has 0 spiro atoms. The number of amides is 2. The van der Waals surface area contributed by atoms with E-state index in [-0.39, 0.29) is 28.1 Å². The first kappa shape index (κ1) is 28.0. The number of methoxy groups -OCH3 is 1. The molecule has 0 saturated carbocycles. The zero-order chi connectivity index (χ0) is 27.2. The van der Waals surface area contributed by atoms with Crippen LogP contribution in [0.15, 0.2) is 77.7 Å². The lowest BCUT2D eigenvalue weighted by Gasteiger charge is -2.32. The minimum atomic E-state index is -4.17. The Morgan fingerprint density at radius 1 is 1.03 bits per heavy atom. The Morgan fingerprint density at radius 2 is 1.68 bits per heavy atom. The molecular weight excluding hydrogens is 514 g/mol. The third kappa shape index (κ3) is 6.42. The summed E-state index contributed by atoms with van der Waals surface area (Å²) in [5.41, 5.74) is 1.98. The Bertz CT molecular complexity index is 1370. The SMILES string of the molecule is CNC(=O)[C@@H](C)N(Cc1ccccc1C)C(=O)CN(c1ccc(OC)c(Cl)c1)S(=O)(=O)c1ccccc1. The lowest BCUT2D eigenvalue weighted by molar-refractivity contribution is -0.139. The lowest BCUT2D eigenvalue weighted by atomic mass is 10.1. The summed E-state index contributed by atoms with van der Waals surface area (Å²) in [6.45, 7) is 3.10. The summed E-state index contributed by atoms with van der Waals surface area (Å²) in [6, 6.07) is 19.0. The highest BCUT2D eigenvalue weighted by atomic mass is 35.5. The average molecular weight is 544 g/mol. The van der Waals surface area contributed by atoms with Crippen LogP contribution in [0.1, 0.15) is 18.1 Å². The smallest absolute Gasteiger partial charge is 0.264 e. The van der Waals surface area contributed by atoms with Crippen LogP contribution in [-0.4, -0.2) is 51.9 Å². The Balaban J connectivity index is 2.07. The molecule has 3 aromatic rings. The van der Waals surface area contributed by atoms with E-state index in [2.05, 4.69) is 5.32 Å². The van der Waals surface area contributed by atoms with Gasteiger partial charge in [-0.05, 0) is 55.3 Å². The number of aryl methyl sites for hydroxylation is 1. The van der Waals surface area contributed by atoms with E-state index >= 15 is 0 Å². The number of hydrogen-bond acceptors (Lipinski definition) is 5. The molecule has 1 atom stereocenters. The van der Waals surface area contributed by atoms with Crippen molar-refractivity contribution in [1.82, 2.24) is 10.2 Å². The van der Waals surface area contributed by atoms with Gasteiger partial charge in [0.25, 0.3) is 10.0 Å². The van der Waals surface area contributed by atoms with Crippen LogP contribution in [0, 0.1) is 6.92 Å². The number of carbonyl (C=O) groups is 2. The molecule has 3 rings (SSSR count). The van der Waals surface area contributed by atoms with E-state index in [1.54, 1.807) is 25.1 Å². The normalized spacial score (nSPS) is 11.9. The van der Waals surface area contributed by atoms with Gasteiger partial charge in [0.1, 0.15) is 18.3 Å². The fourth-order valence-corrected chi connectivity index (χ4v) is 5.50. The number of halogens is 1.